The highest BCUT2D eigenvalue weighted by atomic mass is 35.5. The molecule has 1 fully saturated rings. The summed E-state index contributed by atoms with van der Waals surface area (Å²) in [6, 6.07) is 8.02. The molecule has 2 unspecified atom stereocenters. The summed E-state index contributed by atoms with van der Waals surface area (Å²) in [4.78, 5) is 12.2. The molecule has 0 radical (unpaired) electrons. The van der Waals surface area contributed by atoms with E-state index in [2.05, 4.69) is 37.5 Å². The third-order valence-electron chi connectivity index (χ3n) is 4.32. The van der Waals surface area contributed by atoms with E-state index in [0.717, 1.165) is 37.2 Å². The van der Waals surface area contributed by atoms with Crippen molar-refractivity contribution in [3.05, 3.63) is 29.8 Å². The third-order valence-corrected chi connectivity index (χ3v) is 4.32. The molecule has 0 spiro atoms. The van der Waals surface area contributed by atoms with Gasteiger partial charge in [-0.1, -0.05) is 39.0 Å². The summed E-state index contributed by atoms with van der Waals surface area (Å²) < 4.78 is 0. The average molecular weight is 297 g/mol. The first-order chi connectivity index (χ1) is 9.10. The minimum Gasteiger partial charge on any atom is -0.326 e. The van der Waals surface area contributed by atoms with Gasteiger partial charge in [0.15, 0.2) is 0 Å². The lowest BCUT2D eigenvalue weighted by molar-refractivity contribution is -0.118. The molecule has 0 aromatic heterocycles. The summed E-state index contributed by atoms with van der Waals surface area (Å²) in [6.45, 7) is 8.16. The van der Waals surface area contributed by atoms with Crippen LogP contribution in [0, 0.1) is 11.3 Å². The molecule has 1 amide bonds. The van der Waals surface area contributed by atoms with Crippen LogP contribution in [0.1, 0.15) is 39.2 Å². The van der Waals surface area contributed by atoms with Crippen molar-refractivity contribution >= 4 is 24.0 Å². The Labute approximate surface area is 127 Å². The second-order valence-electron chi connectivity index (χ2n) is 5.69. The van der Waals surface area contributed by atoms with Crippen LogP contribution in [0.15, 0.2) is 24.3 Å². The van der Waals surface area contributed by atoms with Gasteiger partial charge < -0.3 is 10.6 Å². The second-order valence-corrected chi connectivity index (χ2v) is 5.69. The Bertz CT molecular complexity index is 464. The van der Waals surface area contributed by atoms with Crippen LogP contribution in [-0.2, 0) is 11.3 Å². The van der Waals surface area contributed by atoms with Crippen LogP contribution in [0.3, 0.4) is 0 Å². The van der Waals surface area contributed by atoms with Crippen LogP contribution < -0.4 is 10.6 Å². The van der Waals surface area contributed by atoms with Gasteiger partial charge in [-0.25, -0.2) is 0 Å². The largest absolute Gasteiger partial charge is 0.326 e. The highest BCUT2D eigenvalue weighted by molar-refractivity contribution is 5.95. The molecule has 20 heavy (non-hydrogen) atoms. The fourth-order valence-corrected chi connectivity index (χ4v) is 2.48. The number of nitrogens with one attached hydrogen (secondary N) is 2. The molecule has 2 atom stereocenters. The monoisotopic (exact) mass is 296 g/mol. The molecule has 1 aliphatic rings. The number of hydrogen-bond acceptors (Lipinski definition) is 2. The van der Waals surface area contributed by atoms with Gasteiger partial charge in [0.25, 0.3) is 0 Å². The summed E-state index contributed by atoms with van der Waals surface area (Å²) >= 11 is 0. The zero-order valence-corrected chi connectivity index (χ0v) is 13.3. The molecule has 1 aromatic carbocycles. The molecule has 0 bridgehead atoms. The molecule has 0 aliphatic heterocycles. The first-order valence-electron chi connectivity index (χ1n) is 7.20. The van der Waals surface area contributed by atoms with E-state index in [1.807, 2.05) is 18.2 Å². The Morgan fingerprint density at radius 2 is 2.05 bits per heavy atom. The van der Waals surface area contributed by atoms with Crippen LogP contribution in [0.2, 0.25) is 0 Å². The number of rotatable bonds is 6. The predicted octanol–water partition coefficient (Wildman–Crippen LogP) is 3.59. The van der Waals surface area contributed by atoms with E-state index in [9.17, 15) is 4.79 Å². The van der Waals surface area contributed by atoms with Crippen LogP contribution >= 0.6 is 12.4 Å². The van der Waals surface area contributed by atoms with Crippen molar-refractivity contribution in [2.24, 2.45) is 11.3 Å². The van der Waals surface area contributed by atoms with Crippen LogP contribution in [0.5, 0.6) is 0 Å². The quantitative estimate of drug-likeness (QED) is 0.842. The summed E-state index contributed by atoms with van der Waals surface area (Å²) in [5.74, 6) is 0.359. The SMILES string of the molecule is CCNCc1ccccc1NC(=O)C1CC1(C)CC.Cl. The van der Waals surface area contributed by atoms with Crippen molar-refractivity contribution in [3.63, 3.8) is 0 Å². The summed E-state index contributed by atoms with van der Waals surface area (Å²) in [5, 5.41) is 6.39. The number of para-hydroxylation sites is 1. The number of carbonyl (C=O) groups excluding carboxylic acids is 1. The van der Waals surface area contributed by atoms with Gasteiger partial charge in [-0.3, -0.25) is 4.79 Å². The fraction of sp³-hybridized carbons (Fsp3) is 0.562. The number of anilines is 1. The number of carbonyl (C=O) groups is 1. The second kappa shape index (κ2) is 7.09. The molecule has 1 aliphatic carbocycles. The van der Waals surface area contributed by atoms with E-state index in [0.29, 0.717) is 0 Å². The lowest BCUT2D eigenvalue weighted by atomic mass is 10.0. The van der Waals surface area contributed by atoms with Crippen molar-refractivity contribution in [2.75, 3.05) is 11.9 Å². The van der Waals surface area contributed by atoms with E-state index in [1.54, 1.807) is 0 Å². The molecular formula is C16H25ClN2O. The predicted molar refractivity (Wildman–Crippen MR) is 86.2 cm³/mol. The van der Waals surface area contributed by atoms with Gasteiger partial charge in [0.1, 0.15) is 0 Å². The zero-order valence-electron chi connectivity index (χ0n) is 12.5. The molecule has 1 saturated carbocycles. The number of benzene rings is 1. The van der Waals surface area contributed by atoms with Gasteiger partial charge in [0, 0.05) is 18.2 Å². The highest BCUT2D eigenvalue weighted by Crippen LogP contribution is 2.55. The van der Waals surface area contributed by atoms with Crippen LogP contribution in [-0.4, -0.2) is 12.5 Å². The summed E-state index contributed by atoms with van der Waals surface area (Å²) in [6.07, 6.45) is 2.09. The fourth-order valence-electron chi connectivity index (χ4n) is 2.48. The Morgan fingerprint density at radius 3 is 2.65 bits per heavy atom. The maximum atomic E-state index is 12.2. The average Bonchev–Trinajstić information content (AvgIpc) is 3.11. The minimum atomic E-state index is 0. The maximum absolute atomic E-state index is 12.2. The van der Waals surface area contributed by atoms with Gasteiger partial charge in [-0.2, -0.15) is 0 Å². The van der Waals surface area contributed by atoms with Gasteiger partial charge in [0.05, 0.1) is 0 Å². The Kier molecular flexibility index (Phi) is 6.03. The molecule has 2 N–H and O–H groups in total. The van der Waals surface area contributed by atoms with Gasteiger partial charge >= 0.3 is 0 Å². The van der Waals surface area contributed by atoms with E-state index in [1.165, 1.54) is 0 Å². The Balaban J connectivity index is 0.00000200. The minimum absolute atomic E-state index is 0. The summed E-state index contributed by atoms with van der Waals surface area (Å²) in [7, 11) is 0. The highest BCUT2D eigenvalue weighted by Gasteiger charge is 2.52. The van der Waals surface area contributed by atoms with Gasteiger partial charge in [0.2, 0.25) is 5.91 Å². The molecule has 3 nitrogen and oxygen atoms in total. The van der Waals surface area contributed by atoms with Crippen LogP contribution in [0.4, 0.5) is 5.69 Å². The molecule has 0 saturated heterocycles. The number of amides is 1. The van der Waals surface area contributed by atoms with E-state index < -0.39 is 0 Å². The first kappa shape index (κ1) is 17.0. The van der Waals surface area contributed by atoms with Crippen molar-refractivity contribution < 1.29 is 4.79 Å². The third kappa shape index (κ3) is 3.74. The first-order valence-corrected chi connectivity index (χ1v) is 7.20. The molecule has 4 heteroatoms. The van der Waals surface area contributed by atoms with Crippen molar-refractivity contribution in [1.29, 1.82) is 0 Å². The Hall–Kier alpha value is -1.06. The van der Waals surface area contributed by atoms with E-state index in [-0.39, 0.29) is 29.6 Å². The zero-order chi connectivity index (χ0) is 13.9. The molecule has 0 heterocycles. The number of hydrogen-bond donors (Lipinski definition) is 2. The molecule has 112 valence electrons. The Morgan fingerprint density at radius 1 is 1.35 bits per heavy atom. The number of halogens is 1. The lowest BCUT2D eigenvalue weighted by Crippen LogP contribution is -2.20. The van der Waals surface area contributed by atoms with Crippen molar-refractivity contribution in [1.82, 2.24) is 5.32 Å². The van der Waals surface area contributed by atoms with Crippen LogP contribution in [0.25, 0.3) is 0 Å². The van der Waals surface area contributed by atoms with Gasteiger partial charge in [-0.15, -0.1) is 12.4 Å². The molecule has 1 aromatic rings. The molecular weight excluding hydrogens is 272 g/mol. The lowest BCUT2D eigenvalue weighted by Gasteiger charge is -2.12. The standard InChI is InChI=1S/C16H24N2O.ClH/c1-4-16(3)10-13(16)15(19)18-14-9-7-6-8-12(14)11-17-5-2;/h6-9,13,17H,4-5,10-11H2,1-3H3,(H,18,19);1H. The molecule has 2 rings (SSSR count). The topological polar surface area (TPSA) is 41.1 Å². The normalized spacial score (nSPS) is 23.9. The van der Waals surface area contributed by atoms with Crippen molar-refractivity contribution in [2.45, 2.75) is 40.2 Å². The van der Waals surface area contributed by atoms with E-state index in [4.69, 9.17) is 0 Å². The van der Waals surface area contributed by atoms with E-state index >= 15 is 0 Å². The van der Waals surface area contributed by atoms with Gasteiger partial charge in [-0.05, 0) is 36.4 Å². The smallest absolute Gasteiger partial charge is 0.228 e. The van der Waals surface area contributed by atoms with Crippen molar-refractivity contribution in [3.8, 4) is 0 Å². The summed E-state index contributed by atoms with van der Waals surface area (Å²) in [5.41, 5.74) is 2.32. The maximum Gasteiger partial charge on any atom is 0.228 e.